The number of rotatable bonds is 3. The number of carbonyl (C=O) groups is 1. The van der Waals surface area contributed by atoms with E-state index in [4.69, 9.17) is 11.6 Å². The lowest BCUT2D eigenvalue weighted by Gasteiger charge is -2.33. The molecule has 0 radical (unpaired) electrons. The molecule has 0 spiro atoms. The minimum absolute atomic E-state index is 0.0543. The Labute approximate surface area is 167 Å². The molecule has 2 aromatic heterocycles. The molecule has 0 fully saturated rings. The fourth-order valence-corrected chi connectivity index (χ4v) is 5.02. The second-order valence-electron chi connectivity index (χ2n) is 6.71. The van der Waals surface area contributed by atoms with E-state index in [9.17, 15) is 4.79 Å². The van der Waals surface area contributed by atoms with E-state index in [1.165, 1.54) is 17.2 Å². The zero-order valence-corrected chi connectivity index (χ0v) is 16.6. The van der Waals surface area contributed by atoms with E-state index in [0.29, 0.717) is 13.1 Å². The molecule has 3 heterocycles. The highest BCUT2D eigenvalue weighted by atomic mass is 35.5. The first kappa shape index (κ1) is 18.0. The van der Waals surface area contributed by atoms with E-state index >= 15 is 0 Å². The highest BCUT2D eigenvalue weighted by molar-refractivity contribution is 7.16. The molecule has 0 N–H and O–H groups in total. The first-order valence-corrected chi connectivity index (χ1v) is 9.97. The molecule has 27 heavy (non-hydrogen) atoms. The summed E-state index contributed by atoms with van der Waals surface area (Å²) in [4.78, 5) is 19.9. The molecule has 0 saturated carbocycles. The Hall–Kier alpha value is -2.43. The first-order valence-electron chi connectivity index (χ1n) is 8.78. The summed E-state index contributed by atoms with van der Waals surface area (Å²) >= 11 is 7.87. The van der Waals surface area contributed by atoms with Crippen LogP contribution in [0.5, 0.6) is 0 Å². The summed E-state index contributed by atoms with van der Waals surface area (Å²) in [5, 5.41) is 0. The van der Waals surface area contributed by atoms with Crippen molar-refractivity contribution in [1.82, 2.24) is 9.88 Å². The smallest absolute Gasteiger partial charge is 0.246 e. The van der Waals surface area contributed by atoms with Crippen molar-refractivity contribution in [1.29, 1.82) is 0 Å². The number of hydrogen-bond donors (Lipinski definition) is 0. The van der Waals surface area contributed by atoms with E-state index < -0.39 is 0 Å². The van der Waals surface area contributed by atoms with Gasteiger partial charge in [-0.2, -0.15) is 0 Å². The van der Waals surface area contributed by atoms with Crippen LogP contribution >= 0.6 is 22.9 Å². The zero-order chi connectivity index (χ0) is 19.0. The average molecular weight is 395 g/mol. The van der Waals surface area contributed by atoms with Crippen molar-refractivity contribution in [3.05, 3.63) is 87.2 Å². The third-order valence-corrected chi connectivity index (χ3v) is 6.20. The maximum Gasteiger partial charge on any atom is 0.246 e. The quantitative estimate of drug-likeness (QED) is 0.555. The molecule has 1 atom stereocenters. The highest BCUT2D eigenvalue weighted by Gasteiger charge is 2.31. The minimum atomic E-state index is -0.0543. The number of carbonyl (C=O) groups excluding carboxylic acids is 1. The van der Waals surface area contributed by atoms with E-state index in [1.54, 1.807) is 11.3 Å². The van der Waals surface area contributed by atoms with Crippen molar-refractivity contribution in [3.63, 3.8) is 0 Å². The number of aryl methyl sites for hydroxylation is 1. The molecule has 5 heteroatoms. The molecule has 0 saturated heterocycles. The normalized spacial score (nSPS) is 16.1. The Kier molecular flexibility index (Phi) is 4.85. The summed E-state index contributed by atoms with van der Waals surface area (Å²) < 4.78 is 0.754. The lowest BCUT2D eigenvalue weighted by atomic mass is 9.84. The van der Waals surface area contributed by atoms with Gasteiger partial charge in [-0.05, 0) is 47.9 Å². The third kappa shape index (κ3) is 3.43. The lowest BCUT2D eigenvalue weighted by Crippen LogP contribution is -2.37. The number of benzene rings is 1. The Morgan fingerprint density at radius 2 is 2.11 bits per heavy atom. The number of hydrogen-bond acceptors (Lipinski definition) is 3. The Bertz CT molecular complexity index is 1030. The van der Waals surface area contributed by atoms with Gasteiger partial charge in [0.05, 0.1) is 16.6 Å². The third-order valence-electron chi connectivity index (χ3n) is 4.94. The summed E-state index contributed by atoms with van der Waals surface area (Å²) in [6, 6.07) is 14.4. The van der Waals surface area contributed by atoms with E-state index in [1.807, 2.05) is 35.4 Å². The maximum atomic E-state index is 12.3. The number of pyridine rings is 1. The molecule has 1 aliphatic heterocycles. The maximum absolute atomic E-state index is 12.3. The SMILES string of the molecule is C=CC(=O)N1Cc2sc(Cl)cc2[C@@H](c2ccccc2-c2cc(C)ccn2)C1. The van der Waals surface area contributed by atoms with Crippen LogP contribution in [0.25, 0.3) is 11.3 Å². The van der Waals surface area contributed by atoms with Crippen LogP contribution in [0, 0.1) is 6.92 Å². The molecule has 0 bridgehead atoms. The van der Waals surface area contributed by atoms with Crippen LogP contribution in [-0.2, 0) is 11.3 Å². The van der Waals surface area contributed by atoms with E-state index in [-0.39, 0.29) is 11.8 Å². The van der Waals surface area contributed by atoms with Gasteiger partial charge in [-0.3, -0.25) is 9.78 Å². The van der Waals surface area contributed by atoms with Crippen molar-refractivity contribution in [2.24, 2.45) is 0 Å². The van der Waals surface area contributed by atoms with Crippen LogP contribution in [0.2, 0.25) is 4.34 Å². The summed E-state index contributed by atoms with van der Waals surface area (Å²) in [5.41, 5.74) is 5.57. The van der Waals surface area contributed by atoms with Gasteiger partial charge >= 0.3 is 0 Å². The largest absolute Gasteiger partial charge is 0.333 e. The standard InChI is InChI=1S/C22H19ClN2OS/c1-3-22(26)25-12-18(17-11-21(23)27-20(17)13-25)15-6-4-5-7-16(15)19-10-14(2)8-9-24-19/h3-11,18H,1,12-13H2,2H3/t18-/m1/s1. The van der Waals surface area contributed by atoms with Crippen LogP contribution in [0.15, 0.2) is 61.3 Å². The summed E-state index contributed by atoms with van der Waals surface area (Å²) in [7, 11) is 0. The van der Waals surface area contributed by atoms with Gasteiger partial charge in [0.2, 0.25) is 5.91 Å². The molecule has 4 rings (SSSR count). The summed E-state index contributed by atoms with van der Waals surface area (Å²) in [6.45, 7) is 6.90. The van der Waals surface area contributed by atoms with Crippen molar-refractivity contribution < 1.29 is 4.79 Å². The Morgan fingerprint density at radius 1 is 1.30 bits per heavy atom. The number of aromatic nitrogens is 1. The molecule has 1 aromatic carbocycles. The molecule has 3 aromatic rings. The van der Waals surface area contributed by atoms with Crippen molar-refractivity contribution in [3.8, 4) is 11.3 Å². The molecule has 3 nitrogen and oxygen atoms in total. The van der Waals surface area contributed by atoms with Gasteiger partial charge in [-0.1, -0.05) is 42.4 Å². The predicted octanol–water partition coefficient (Wildman–Crippen LogP) is 5.43. The van der Waals surface area contributed by atoms with Crippen molar-refractivity contribution in [2.45, 2.75) is 19.4 Å². The topological polar surface area (TPSA) is 33.2 Å². The molecular weight excluding hydrogens is 376 g/mol. The molecule has 0 aliphatic carbocycles. The highest BCUT2D eigenvalue weighted by Crippen LogP contribution is 2.42. The van der Waals surface area contributed by atoms with Gasteiger partial charge in [-0.25, -0.2) is 0 Å². The second-order valence-corrected chi connectivity index (χ2v) is 8.48. The van der Waals surface area contributed by atoms with Gasteiger partial charge in [0.15, 0.2) is 0 Å². The van der Waals surface area contributed by atoms with Gasteiger partial charge in [-0.15, -0.1) is 11.3 Å². The van der Waals surface area contributed by atoms with Crippen LogP contribution < -0.4 is 0 Å². The van der Waals surface area contributed by atoms with Gasteiger partial charge in [0.1, 0.15) is 0 Å². The van der Waals surface area contributed by atoms with Crippen molar-refractivity contribution >= 4 is 28.8 Å². The van der Waals surface area contributed by atoms with Crippen molar-refractivity contribution in [2.75, 3.05) is 6.54 Å². The predicted molar refractivity (Wildman–Crippen MR) is 111 cm³/mol. The zero-order valence-electron chi connectivity index (χ0n) is 15.0. The summed E-state index contributed by atoms with van der Waals surface area (Å²) in [5.74, 6) is 0.00115. The monoisotopic (exact) mass is 394 g/mol. The molecule has 136 valence electrons. The lowest BCUT2D eigenvalue weighted by molar-refractivity contribution is -0.127. The number of fused-ring (bicyclic) bond motifs is 1. The minimum Gasteiger partial charge on any atom is -0.333 e. The van der Waals surface area contributed by atoms with Gasteiger partial charge in [0, 0.05) is 29.1 Å². The molecular formula is C22H19ClN2OS. The first-order chi connectivity index (χ1) is 13.1. The van der Waals surface area contributed by atoms with Crippen LogP contribution in [-0.4, -0.2) is 22.3 Å². The Balaban J connectivity index is 1.85. The fraction of sp³-hybridized carbons (Fsp3) is 0.182. The number of amides is 1. The number of nitrogens with zero attached hydrogens (tertiary/aromatic N) is 2. The molecule has 1 amide bonds. The average Bonchev–Trinajstić information content (AvgIpc) is 3.06. The fourth-order valence-electron chi connectivity index (χ4n) is 3.66. The summed E-state index contributed by atoms with van der Waals surface area (Å²) in [6.07, 6.45) is 3.22. The molecule has 0 unspecified atom stereocenters. The number of halogens is 1. The second kappa shape index (κ2) is 7.29. The Morgan fingerprint density at radius 3 is 2.89 bits per heavy atom. The van der Waals surface area contributed by atoms with E-state index in [2.05, 4.69) is 36.7 Å². The van der Waals surface area contributed by atoms with Crippen LogP contribution in [0.4, 0.5) is 0 Å². The number of thiophene rings is 1. The van der Waals surface area contributed by atoms with E-state index in [0.717, 1.165) is 26.0 Å². The van der Waals surface area contributed by atoms with Crippen LogP contribution in [0.3, 0.4) is 0 Å². The van der Waals surface area contributed by atoms with Crippen LogP contribution in [0.1, 0.15) is 27.5 Å². The molecule has 1 aliphatic rings. The van der Waals surface area contributed by atoms with Gasteiger partial charge < -0.3 is 4.90 Å². The van der Waals surface area contributed by atoms with Gasteiger partial charge in [0.25, 0.3) is 0 Å².